The highest BCUT2D eigenvalue weighted by molar-refractivity contribution is 6.18. The van der Waals surface area contributed by atoms with Crippen LogP contribution in [0.5, 0.6) is 0 Å². The number of Topliss-reactive ketones (excluding diaryl/α,β-unsaturated/α-hetero) is 1. The van der Waals surface area contributed by atoms with E-state index in [0.29, 0.717) is 17.1 Å². The van der Waals surface area contributed by atoms with Crippen molar-refractivity contribution in [3.63, 3.8) is 0 Å². The van der Waals surface area contributed by atoms with Crippen LogP contribution in [0, 0.1) is 11.6 Å². The van der Waals surface area contributed by atoms with Crippen LogP contribution in [0.15, 0.2) is 94.3 Å². The van der Waals surface area contributed by atoms with Gasteiger partial charge in [-0.05, 0) is 66.1 Å². The standard InChI is InChI=1S/C27H20F2N4O3/c28-23-7-5-17(13-24(23)29)16-32-11-2-4-21(27(32)35)25(34)8-6-19-14-18(9-12-33(19)36)22-15-31-26-20(22)3-1-10-30-26/h1-5,7,9-15,36H,6,8,16H2. The van der Waals surface area contributed by atoms with E-state index in [1.165, 1.54) is 29.1 Å². The van der Waals surface area contributed by atoms with Gasteiger partial charge in [0.05, 0.1) is 12.1 Å². The van der Waals surface area contributed by atoms with Crippen molar-refractivity contribution < 1.29 is 18.8 Å². The van der Waals surface area contributed by atoms with Crippen LogP contribution in [0.3, 0.4) is 0 Å². The summed E-state index contributed by atoms with van der Waals surface area (Å²) >= 11 is 0. The van der Waals surface area contributed by atoms with Crippen LogP contribution in [0.2, 0.25) is 0 Å². The third kappa shape index (κ3) is 4.56. The maximum Gasteiger partial charge on any atom is 0.261 e. The normalized spacial score (nSPS) is 16.3. The van der Waals surface area contributed by atoms with Gasteiger partial charge in [-0.2, -0.15) is 0 Å². The monoisotopic (exact) mass is 486 g/mol. The number of fused-ring (bicyclic) bond motifs is 1. The number of carbonyl (C=O) groups is 1. The van der Waals surface area contributed by atoms with Crippen LogP contribution in [0.25, 0.3) is 5.57 Å². The van der Waals surface area contributed by atoms with E-state index in [1.54, 1.807) is 30.6 Å². The lowest BCUT2D eigenvalue weighted by Crippen LogP contribution is -2.26. The lowest BCUT2D eigenvalue weighted by Gasteiger charge is -2.21. The molecule has 7 nitrogen and oxygen atoms in total. The molecule has 3 aromatic rings. The highest BCUT2D eigenvalue weighted by atomic mass is 19.2. The van der Waals surface area contributed by atoms with Crippen molar-refractivity contribution in [3.05, 3.63) is 123 Å². The molecule has 0 atom stereocenters. The largest absolute Gasteiger partial charge is 0.310 e. The first-order chi connectivity index (χ1) is 17.4. The van der Waals surface area contributed by atoms with Crippen molar-refractivity contribution in [1.82, 2.24) is 14.6 Å². The molecule has 0 fully saturated rings. The average Bonchev–Trinajstić information content (AvgIpc) is 3.31. The van der Waals surface area contributed by atoms with Gasteiger partial charge < -0.3 is 4.57 Å². The summed E-state index contributed by atoms with van der Waals surface area (Å²) in [4.78, 5) is 34.3. The number of allylic oxidation sites excluding steroid dienone is 5. The van der Waals surface area contributed by atoms with Crippen molar-refractivity contribution in [2.75, 3.05) is 0 Å². The minimum atomic E-state index is -1.01. The summed E-state index contributed by atoms with van der Waals surface area (Å²) in [6, 6.07) is 10.1. The smallest absolute Gasteiger partial charge is 0.261 e. The van der Waals surface area contributed by atoms with Gasteiger partial charge in [0.1, 0.15) is 0 Å². The van der Waals surface area contributed by atoms with E-state index in [4.69, 9.17) is 0 Å². The summed E-state index contributed by atoms with van der Waals surface area (Å²) < 4.78 is 28.0. The number of rotatable bonds is 6. The van der Waals surface area contributed by atoms with Gasteiger partial charge >= 0.3 is 0 Å². The molecule has 0 saturated carbocycles. The van der Waals surface area contributed by atoms with Crippen molar-refractivity contribution >= 4 is 23.4 Å². The van der Waals surface area contributed by atoms with E-state index in [-0.39, 0.29) is 24.9 Å². The number of carbonyl (C=O) groups excluding carboxylic acids is 1. The number of hydroxylamine groups is 2. The Labute approximate surface area is 204 Å². The van der Waals surface area contributed by atoms with E-state index in [1.807, 2.05) is 12.1 Å². The van der Waals surface area contributed by atoms with E-state index >= 15 is 0 Å². The SMILES string of the molecule is O=C(CCC1=CC(=C2C=Nc3ncccc32)C=CN1O)c1cccn(Cc2ccc(F)c(F)c2)c1=O. The maximum absolute atomic E-state index is 13.5. The second-order valence-electron chi connectivity index (χ2n) is 8.32. The highest BCUT2D eigenvalue weighted by Gasteiger charge is 2.20. The summed E-state index contributed by atoms with van der Waals surface area (Å²) in [7, 11) is 0. The summed E-state index contributed by atoms with van der Waals surface area (Å²) in [5.74, 6) is -1.75. The number of aromatic nitrogens is 2. The molecule has 0 unspecified atom stereocenters. The van der Waals surface area contributed by atoms with Crippen molar-refractivity contribution in [3.8, 4) is 0 Å². The number of aliphatic imine (C=N–C) groups is 1. The zero-order valence-corrected chi connectivity index (χ0v) is 18.9. The van der Waals surface area contributed by atoms with Gasteiger partial charge in [-0.3, -0.25) is 14.8 Å². The number of ketones is 1. The zero-order valence-electron chi connectivity index (χ0n) is 18.9. The maximum atomic E-state index is 13.5. The first-order valence-electron chi connectivity index (χ1n) is 11.2. The molecule has 5 rings (SSSR count). The number of hydrogen-bond acceptors (Lipinski definition) is 6. The molecule has 2 aliphatic heterocycles. The van der Waals surface area contributed by atoms with E-state index in [9.17, 15) is 23.6 Å². The van der Waals surface area contributed by atoms with Gasteiger partial charge in [0.25, 0.3) is 5.56 Å². The quantitative estimate of drug-likeness (QED) is 0.506. The molecule has 9 heteroatoms. The fourth-order valence-corrected chi connectivity index (χ4v) is 4.11. The summed E-state index contributed by atoms with van der Waals surface area (Å²) in [5, 5.41) is 11.2. The number of hydrogen-bond donors (Lipinski definition) is 1. The molecule has 1 N–H and O–H groups in total. The van der Waals surface area contributed by atoms with E-state index < -0.39 is 23.0 Å². The molecule has 0 spiro atoms. The summed E-state index contributed by atoms with van der Waals surface area (Å²) in [6.45, 7) is -0.00760. The molecule has 0 saturated heterocycles. The molecule has 1 aromatic carbocycles. The molecule has 0 bridgehead atoms. The first-order valence-corrected chi connectivity index (χ1v) is 11.2. The van der Waals surface area contributed by atoms with E-state index in [0.717, 1.165) is 33.9 Å². The van der Waals surface area contributed by atoms with Gasteiger partial charge in [-0.1, -0.05) is 6.07 Å². The zero-order chi connectivity index (χ0) is 25.2. The number of benzene rings is 1. The number of nitrogens with zero attached hydrogens (tertiary/aromatic N) is 4. The van der Waals surface area contributed by atoms with Crippen LogP contribution in [0.4, 0.5) is 14.6 Å². The Kier molecular flexibility index (Phi) is 6.22. The molecule has 0 aliphatic carbocycles. The predicted molar refractivity (Wildman–Crippen MR) is 130 cm³/mol. The molecule has 36 heavy (non-hydrogen) atoms. The summed E-state index contributed by atoms with van der Waals surface area (Å²) in [6.07, 6.45) is 10.0. The Bertz CT molecular complexity index is 1550. The fourth-order valence-electron chi connectivity index (χ4n) is 4.11. The Balaban J connectivity index is 1.33. The number of pyridine rings is 2. The first kappa shape index (κ1) is 23.3. The van der Waals surface area contributed by atoms with Crippen molar-refractivity contribution in [2.24, 2.45) is 4.99 Å². The Morgan fingerprint density at radius 2 is 1.94 bits per heavy atom. The van der Waals surface area contributed by atoms with E-state index in [2.05, 4.69) is 9.98 Å². The van der Waals surface area contributed by atoms with Crippen LogP contribution in [-0.2, 0) is 6.54 Å². The van der Waals surface area contributed by atoms with Crippen molar-refractivity contribution in [2.45, 2.75) is 19.4 Å². The molecular weight excluding hydrogens is 466 g/mol. The molecule has 4 heterocycles. The minimum Gasteiger partial charge on any atom is -0.310 e. The third-order valence-corrected chi connectivity index (χ3v) is 5.98. The lowest BCUT2D eigenvalue weighted by atomic mass is 9.98. The third-order valence-electron chi connectivity index (χ3n) is 5.98. The number of halogens is 2. The molecule has 180 valence electrons. The van der Waals surface area contributed by atoms with Crippen LogP contribution >= 0.6 is 0 Å². The Hall–Kier alpha value is -4.50. The summed E-state index contributed by atoms with van der Waals surface area (Å²) in [5.41, 5.74) is 2.88. The van der Waals surface area contributed by atoms with Crippen LogP contribution < -0.4 is 5.56 Å². The highest BCUT2D eigenvalue weighted by Crippen LogP contribution is 2.33. The Morgan fingerprint density at radius 1 is 1.08 bits per heavy atom. The van der Waals surface area contributed by atoms with Crippen LogP contribution in [0.1, 0.15) is 34.3 Å². The topological polar surface area (TPSA) is 87.8 Å². The Morgan fingerprint density at radius 3 is 2.78 bits per heavy atom. The van der Waals surface area contributed by atoms with Gasteiger partial charge in [-0.15, -0.1) is 0 Å². The second-order valence-corrected chi connectivity index (χ2v) is 8.32. The molecule has 2 aromatic heterocycles. The predicted octanol–water partition coefficient (Wildman–Crippen LogP) is 4.80. The lowest BCUT2D eigenvalue weighted by molar-refractivity contribution is -0.00858. The average molecular weight is 486 g/mol. The van der Waals surface area contributed by atoms with Crippen molar-refractivity contribution in [1.29, 1.82) is 0 Å². The van der Waals surface area contributed by atoms with Gasteiger partial charge in [0, 0.05) is 48.1 Å². The molecule has 0 amide bonds. The van der Waals surface area contributed by atoms with Gasteiger partial charge in [-0.25, -0.2) is 23.8 Å². The van der Waals surface area contributed by atoms with Crippen LogP contribution in [-0.4, -0.2) is 31.8 Å². The van der Waals surface area contributed by atoms with Gasteiger partial charge in [0.15, 0.2) is 23.2 Å². The molecule has 2 aliphatic rings. The second kappa shape index (κ2) is 9.63. The van der Waals surface area contributed by atoms with Gasteiger partial charge in [0.2, 0.25) is 0 Å². The molecular formula is C27H20F2N4O3. The fraction of sp³-hybridized carbons (Fsp3) is 0.111. The minimum absolute atomic E-state index is 0.00760. The molecule has 0 radical (unpaired) electrons.